The average molecular weight is 106 g/mol. The lowest BCUT2D eigenvalue weighted by Gasteiger charge is -1.76. The second-order valence-corrected chi connectivity index (χ2v) is 1.57. The Kier molecular flexibility index (Phi) is 3.70. The zero-order valence-electron chi connectivity index (χ0n) is 5.36. The molecule has 0 aliphatic rings. The third-order valence-corrected chi connectivity index (χ3v) is 0.596. The molecule has 0 nitrogen and oxygen atoms in total. The van der Waals surface area contributed by atoms with Crippen molar-refractivity contribution in [2.75, 3.05) is 0 Å². The first kappa shape index (κ1) is 7.04. The number of allylic oxidation sites excluding steroid dienone is 3. The third-order valence-electron chi connectivity index (χ3n) is 0.596. The molecule has 0 spiro atoms. The quantitative estimate of drug-likeness (QED) is 0.355. The van der Waals surface area contributed by atoms with Crippen molar-refractivity contribution in [2.24, 2.45) is 0 Å². The largest absolute Gasteiger partial charge is 0.102 e. The van der Waals surface area contributed by atoms with E-state index in [1.165, 1.54) is 0 Å². The highest BCUT2D eigenvalue weighted by Crippen LogP contribution is 1.85. The van der Waals surface area contributed by atoms with Crippen LogP contribution in [0.4, 0.5) is 0 Å². The molecule has 0 aromatic rings. The maximum absolute atomic E-state index is 3.67. The summed E-state index contributed by atoms with van der Waals surface area (Å²) in [6.07, 6.45) is 3.68. The summed E-state index contributed by atoms with van der Waals surface area (Å²) < 4.78 is 0. The van der Waals surface area contributed by atoms with Gasteiger partial charge < -0.3 is 0 Å². The Morgan fingerprint density at radius 3 is 2.62 bits per heavy atom. The SMILES string of the molecule is C=C(C)/C=C\C#CC. The van der Waals surface area contributed by atoms with Crippen LogP contribution in [-0.2, 0) is 0 Å². The van der Waals surface area contributed by atoms with Gasteiger partial charge in [-0.15, -0.1) is 5.92 Å². The van der Waals surface area contributed by atoms with Gasteiger partial charge in [0.05, 0.1) is 0 Å². The molecule has 0 fully saturated rings. The second kappa shape index (κ2) is 4.21. The Balaban J connectivity index is 3.61. The monoisotopic (exact) mass is 106 g/mol. The summed E-state index contributed by atoms with van der Waals surface area (Å²) in [6.45, 7) is 7.42. The van der Waals surface area contributed by atoms with E-state index in [0.29, 0.717) is 0 Å². The van der Waals surface area contributed by atoms with Gasteiger partial charge in [0.2, 0.25) is 0 Å². The Labute approximate surface area is 50.9 Å². The minimum atomic E-state index is 1.03. The number of hydrogen-bond donors (Lipinski definition) is 0. The molecular formula is C8H10. The summed E-state index contributed by atoms with van der Waals surface area (Å²) in [7, 11) is 0. The van der Waals surface area contributed by atoms with Crippen molar-refractivity contribution in [1.29, 1.82) is 0 Å². The van der Waals surface area contributed by atoms with E-state index in [4.69, 9.17) is 0 Å². The van der Waals surface area contributed by atoms with Crippen LogP contribution < -0.4 is 0 Å². The minimum Gasteiger partial charge on any atom is -0.102 e. The number of rotatable bonds is 1. The van der Waals surface area contributed by atoms with Gasteiger partial charge >= 0.3 is 0 Å². The van der Waals surface area contributed by atoms with Crippen molar-refractivity contribution in [3.05, 3.63) is 24.3 Å². The van der Waals surface area contributed by atoms with Gasteiger partial charge in [0, 0.05) is 0 Å². The summed E-state index contributed by atoms with van der Waals surface area (Å²) in [5, 5.41) is 0. The normalized spacial score (nSPS) is 8.25. The fourth-order valence-electron chi connectivity index (χ4n) is 0.267. The molecule has 42 valence electrons. The van der Waals surface area contributed by atoms with E-state index >= 15 is 0 Å². The molecule has 0 radical (unpaired) electrons. The van der Waals surface area contributed by atoms with Crippen LogP contribution in [0.2, 0.25) is 0 Å². The van der Waals surface area contributed by atoms with E-state index in [9.17, 15) is 0 Å². The molecule has 0 heterocycles. The van der Waals surface area contributed by atoms with Crippen LogP contribution in [0.5, 0.6) is 0 Å². The second-order valence-electron chi connectivity index (χ2n) is 1.57. The van der Waals surface area contributed by atoms with Gasteiger partial charge in [-0.05, 0) is 19.9 Å². The molecule has 0 saturated carbocycles. The molecule has 0 amide bonds. The molecule has 8 heavy (non-hydrogen) atoms. The molecule has 0 saturated heterocycles. The molecular weight excluding hydrogens is 96.1 g/mol. The van der Waals surface area contributed by atoms with Crippen molar-refractivity contribution in [2.45, 2.75) is 13.8 Å². The van der Waals surface area contributed by atoms with E-state index < -0.39 is 0 Å². The fourth-order valence-corrected chi connectivity index (χ4v) is 0.267. The van der Waals surface area contributed by atoms with Crippen molar-refractivity contribution in [3.63, 3.8) is 0 Å². The fraction of sp³-hybridized carbons (Fsp3) is 0.250. The zero-order valence-corrected chi connectivity index (χ0v) is 5.36. The summed E-state index contributed by atoms with van der Waals surface area (Å²) in [4.78, 5) is 0. The predicted molar refractivity (Wildman–Crippen MR) is 37.4 cm³/mol. The van der Waals surface area contributed by atoms with Crippen LogP contribution in [0, 0.1) is 11.8 Å². The van der Waals surface area contributed by atoms with E-state index in [-0.39, 0.29) is 0 Å². The summed E-state index contributed by atoms with van der Waals surface area (Å²) in [5.74, 6) is 5.53. The highest BCUT2D eigenvalue weighted by atomic mass is 13.7. The van der Waals surface area contributed by atoms with E-state index in [1.807, 2.05) is 19.9 Å². The van der Waals surface area contributed by atoms with Gasteiger partial charge in [-0.2, -0.15) is 0 Å². The molecule has 0 bridgehead atoms. The Morgan fingerprint density at radius 1 is 1.62 bits per heavy atom. The lowest BCUT2D eigenvalue weighted by molar-refractivity contribution is 1.57. The molecule has 0 N–H and O–H groups in total. The maximum atomic E-state index is 3.67. The van der Waals surface area contributed by atoms with Crippen LogP contribution in [0.1, 0.15) is 13.8 Å². The smallest absolute Gasteiger partial charge is 0.00235 e. The molecule has 0 aliphatic carbocycles. The highest BCUT2D eigenvalue weighted by Gasteiger charge is 1.66. The van der Waals surface area contributed by atoms with Crippen molar-refractivity contribution in [1.82, 2.24) is 0 Å². The summed E-state index contributed by atoms with van der Waals surface area (Å²) in [5.41, 5.74) is 1.03. The predicted octanol–water partition coefficient (Wildman–Crippen LogP) is 2.14. The molecule has 0 aromatic carbocycles. The van der Waals surface area contributed by atoms with Gasteiger partial charge in [-0.1, -0.05) is 24.1 Å². The first-order valence-electron chi connectivity index (χ1n) is 2.51. The zero-order chi connectivity index (χ0) is 6.41. The topological polar surface area (TPSA) is 0 Å². The first-order chi connectivity index (χ1) is 3.77. The van der Waals surface area contributed by atoms with Crippen LogP contribution in [0.3, 0.4) is 0 Å². The van der Waals surface area contributed by atoms with Crippen LogP contribution in [0.15, 0.2) is 24.3 Å². The van der Waals surface area contributed by atoms with Gasteiger partial charge in [0.1, 0.15) is 0 Å². The first-order valence-corrected chi connectivity index (χ1v) is 2.51. The molecule has 0 heteroatoms. The number of hydrogen-bond acceptors (Lipinski definition) is 0. The standard InChI is InChI=1S/C8H10/c1-4-5-6-7-8(2)3/h6-7H,2H2,1,3H3/b7-6-. The van der Waals surface area contributed by atoms with Crippen molar-refractivity contribution < 1.29 is 0 Å². The van der Waals surface area contributed by atoms with E-state index in [2.05, 4.69) is 18.4 Å². The summed E-state index contributed by atoms with van der Waals surface area (Å²) in [6, 6.07) is 0. The van der Waals surface area contributed by atoms with E-state index in [0.717, 1.165) is 5.57 Å². The van der Waals surface area contributed by atoms with Gasteiger partial charge in [0.15, 0.2) is 0 Å². The maximum Gasteiger partial charge on any atom is -0.00235 e. The highest BCUT2D eigenvalue weighted by molar-refractivity contribution is 5.22. The van der Waals surface area contributed by atoms with Crippen LogP contribution >= 0.6 is 0 Å². The van der Waals surface area contributed by atoms with E-state index in [1.54, 1.807) is 6.08 Å². The average Bonchev–Trinajstić information content (AvgIpc) is 1.66. The lowest BCUT2D eigenvalue weighted by atomic mass is 10.3. The van der Waals surface area contributed by atoms with Gasteiger partial charge in [-0.25, -0.2) is 0 Å². The molecule has 0 rings (SSSR count). The van der Waals surface area contributed by atoms with Gasteiger partial charge in [0.25, 0.3) is 0 Å². The third kappa shape index (κ3) is 5.04. The molecule has 0 aliphatic heterocycles. The summed E-state index contributed by atoms with van der Waals surface area (Å²) >= 11 is 0. The van der Waals surface area contributed by atoms with Crippen LogP contribution in [0.25, 0.3) is 0 Å². The Hall–Kier alpha value is -0.960. The van der Waals surface area contributed by atoms with Crippen LogP contribution in [-0.4, -0.2) is 0 Å². The van der Waals surface area contributed by atoms with Crippen molar-refractivity contribution in [3.8, 4) is 11.8 Å². The van der Waals surface area contributed by atoms with Gasteiger partial charge in [-0.3, -0.25) is 0 Å². The van der Waals surface area contributed by atoms with Crippen molar-refractivity contribution >= 4 is 0 Å². The molecule has 0 aromatic heterocycles. The molecule has 0 unspecified atom stereocenters. The minimum absolute atomic E-state index is 1.03. The Morgan fingerprint density at radius 2 is 2.25 bits per heavy atom. The lowest BCUT2D eigenvalue weighted by Crippen LogP contribution is -1.57. The Bertz CT molecular complexity index is 151. The molecule has 0 atom stereocenters.